The van der Waals surface area contributed by atoms with E-state index in [1.165, 1.54) is 11.1 Å². The summed E-state index contributed by atoms with van der Waals surface area (Å²) in [7, 11) is 1.64. The lowest BCUT2D eigenvalue weighted by molar-refractivity contribution is -0.117. The predicted octanol–water partition coefficient (Wildman–Crippen LogP) is 4.09. The molecule has 1 aromatic heterocycles. The summed E-state index contributed by atoms with van der Waals surface area (Å²) in [5, 5.41) is 3.14. The Balaban J connectivity index is 1.47. The number of methoxy groups -OCH3 is 1. The highest BCUT2D eigenvalue weighted by molar-refractivity contribution is 5.92. The summed E-state index contributed by atoms with van der Waals surface area (Å²) >= 11 is 0. The van der Waals surface area contributed by atoms with Gasteiger partial charge in [-0.25, -0.2) is 4.98 Å². The molecule has 0 saturated heterocycles. The van der Waals surface area contributed by atoms with Gasteiger partial charge in [-0.2, -0.15) is 0 Å². The van der Waals surface area contributed by atoms with Gasteiger partial charge in [0.2, 0.25) is 5.91 Å². The highest BCUT2D eigenvalue weighted by Gasteiger charge is 2.20. The molecule has 0 bridgehead atoms. The van der Waals surface area contributed by atoms with Crippen molar-refractivity contribution in [2.75, 3.05) is 7.11 Å². The summed E-state index contributed by atoms with van der Waals surface area (Å²) in [4.78, 5) is 16.5. The second-order valence-corrected chi connectivity index (χ2v) is 6.89. The second kappa shape index (κ2) is 8.13. The average Bonchev–Trinajstić information content (AvgIpc) is 3.27. The Bertz CT molecular complexity index is 993. The number of nitrogens with zero attached hydrogens (tertiary/aromatic N) is 2. The Labute approximate surface area is 164 Å². The monoisotopic (exact) mass is 373 g/mol. The zero-order valence-corrected chi connectivity index (χ0v) is 15.8. The minimum Gasteiger partial charge on any atom is -0.495 e. The van der Waals surface area contributed by atoms with Crippen molar-refractivity contribution in [2.45, 2.75) is 25.3 Å². The fourth-order valence-corrected chi connectivity index (χ4v) is 3.71. The van der Waals surface area contributed by atoms with Gasteiger partial charge in [-0.1, -0.05) is 30.3 Å². The molecule has 1 N–H and O–H groups in total. The number of aryl methyl sites for hydroxylation is 1. The van der Waals surface area contributed by atoms with E-state index >= 15 is 0 Å². The minimum atomic E-state index is -0.0839. The fraction of sp³-hybridized carbons (Fsp3) is 0.217. The van der Waals surface area contributed by atoms with Crippen molar-refractivity contribution in [1.29, 1.82) is 0 Å². The largest absolute Gasteiger partial charge is 0.495 e. The Morgan fingerprint density at radius 2 is 2.18 bits per heavy atom. The number of nitrogens with one attached hydrogen (secondary N) is 1. The van der Waals surface area contributed by atoms with Crippen LogP contribution in [-0.4, -0.2) is 22.6 Å². The van der Waals surface area contributed by atoms with Gasteiger partial charge in [0.05, 0.1) is 25.2 Å². The molecule has 0 aliphatic heterocycles. The number of ether oxygens (including phenoxy) is 1. The highest BCUT2D eigenvalue weighted by Crippen LogP contribution is 2.29. The van der Waals surface area contributed by atoms with E-state index < -0.39 is 0 Å². The maximum atomic E-state index is 12.5. The number of benzene rings is 2. The van der Waals surface area contributed by atoms with Gasteiger partial charge in [0.25, 0.3) is 0 Å². The van der Waals surface area contributed by atoms with Gasteiger partial charge >= 0.3 is 0 Å². The molecular formula is C23H23N3O2. The van der Waals surface area contributed by atoms with Crippen LogP contribution in [0.5, 0.6) is 5.75 Å². The van der Waals surface area contributed by atoms with Crippen molar-refractivity contribution in [3.05, 3.63) is 84.0 Å². The number of amides is 1. The van der Waals surface area contributed by atoms with Crippen molar-refractivity contribution in [1.82, 2.24) is 14.9 Å². The number of fused-ring (bicyclic) bond motifs is 1. The van der Waals surface area contributed by atoms with Gasteiger partial charge < -0.3 is 14.6 Å². The van der Waals surface area contributed by atoms with Crippen LogP contribution in [0.4, 0.5) is 0 Å². The molecule has 1 atom stereocenters. The standard InChI is InChI=1S/C23H23N3O2/c1-28-22-15-17(9-11-21(22)26-14-13-24-16-26)10-12-23(27)25-20-8-4-6-18-5-2-3-7-19(18)20/h2-3,5,7,9-16,20H,4,6,8H2,1H3,(H,25,27). The molecule has 2 aromatic carbocycles. The maximum absolute atomic E-state index is 12.5. The predicted molar refractivity (Wildman–Crippen MR) is 109 cm³/mol. The van der Waals surface area contributed by atoms with E-state index in [2.05, 4.69) is 28.5 Å². The van der Waals surface area contributed by atoms with Gasteiger partial charge in [0, 0.05) is 18.5 Å². The molecule has 5 heteroatoms. The quantitative estimate of drug-likeness (QED) is 0.686. The SMILES string of the molecule is COc1cc(C=CC(=O)NC2CCCc3ccccc32)ccc1-n1ccnc1. The molecule has 0 radical (unpaired) electrons. The summed E-state index contributed by atoms with van der Waals surface area (Å²) in [5.74, 6) is 0.640. The van der Waals surface area contributed by atoms with Crippen molar-refractivity contribution in [2.24, 2.45) is 0 Å². The summed E-state index contributed by atoms with van der Waals surface area (Å²) in [5.41, 5.74) is 4.38. The molecular weight excluding hydrogens is 350 g/mol. The van der Waals surface area contributed by atoms with Crippen LogP contribution >= 0.6 is 0 Å². The molecule has 1 unspecified atom stereocenters. The zero-order chi connectivity index (χ0) is 19.3. The third-order valence-electron chi connectivity index (χ3n) is 5.10. The molecule has 3 aromatic rings. The number of hydrogen-bond acceptors (Lipinski definition) is 3. The number of aromatic nitrogens is 2. The summed E-state index contributed by atoms with van der Waals surface area (Å²) in [6.07, 6.45) is 11.9. The Morgan fingerprint density at radius 3 is 3.00 bits per heavy atom. The topological polar surface area (TPSA) is 56.1 Å². The Kier molecular flexibility index (Phi) is 5.24. The van der Waals surface area contributed by atoms with Crippen molar-refractivity contribution < 1.29 is 9.53 Å². The van der Waals surface area contributed by atoms with Crippen molar-refractivity contribution >= 4 is 12.0 Å². The minimum absolute atomic E-state index is 0.0836. The first-order valence-corrected chi connectivity index (χ1v) is 9.47. The van der Waals surface area contributed by atoms with Crippen molar-refractivity contribution in [3.8, 4) is 11.4 Å². The lowest BCUT2D eigenvalue weighted by Gasteiger charge is -2.25. The summed E-state index contributed by atoms with van der Waals surface area (Å²) < 4.78 is 7.38. The van der Waals surface area contributed by atoms with Crippen LogP contribution in [-0.2, 0) is 11.2 Å². The number of imidazole rings is 1. The molecule has 0 fully saturated rings. The smallest absolute Gasteiger partial charge is 0.244 e. The summed E-state index contributed by atoms with van der Waals surface area (Å²) in [6.45, 7) is 0. The summed E-state index contributed by atoms with van der Waals surface area (Å²) in [6, 6.07) is 14.3. The van der Waals surface area contributed by atoms with Gasteiger partial charge in [0.1, 0.15) is 5.75 Å². The van der Waals surface area contributed by atoms with Crippen LogP contribution in [0.2, 0.25) is 0 Å². The second-order valence-electron chi connectivity index (χ2n) is 6.89. The zero-order valence-electron chi connectivity index (χ0n) is 15.8. The van der Waals surface area contributed by atoms with Crippen LogP contribution in [0.1, 0.15) is 35.6 Å². The number of hydrogen-bond donors (Lipinski definition) is 1. The fourth-order valence-electron chi connectivity index (χ4n) is 3.71. The third kappa shape index (κ3) is 3.83. The van der Waals surface area contributed by atoms with Crippen LogP contribution in [0.3, 0.4) is 0 Å². The molecule has 0 saturated carbocycles. The van der Waals surface area contributed by atoms with Crippen LogP contribution < -0.4 is 10.1 Å². The number of carbonyl (C=O) groups excluding carboxylic acids is 1. The van der Waals surface area contributed by atoms with E-state index in [0.717, 1.165) is 36.3 Å². The van der Waals surface area contributed by atoms with Crippen LogP contribution in [0.15, 0.2) is 67.3 Å². The van der Waals surface area contributed by atoms with Gasteiger partial charge in [-0.3, -0.25) is 4.79 Å². The molecule has 5 nitrogen and oxygen atoms in total. The first-order chi connectivity index (χ1) is 13.7. The van der Waals surface area contributed by atoms with Gasteiger partial charge in [0.15, 0.2) is 0 Å². The van der Waals surface area contributed by atoms with Crippen molar-refractivity contribution in [3.63, 3.8) is 0 Å². The third-order valence-corrected chi connectivity index (χ3v) is 5.10. The molecule has 28 heavy (non-hydrogen) atoms. The average molecular weight is 373 g/mol. The first kappa shape index (κ1) is 18.0. The Morgan fingerprint density at radius 1 is 1.29 bits per heavy atom. The number of rotatable bonds is 5. The van der Waals surface area contributed by atoms with Gasteiger partial charge in [-0.15, -0.1) is 0 Å². The van der Waals surface area contributed by atoms with E-state index in [-0.39, 0.29) is 11.9 Å². The molecule has 1 heterocycles. The van der Waals surface area contributed by atoms with Crippen LogP contribution in [0.25, 0.3) is 11.8 Å². The van der Waals surface area contributed by atoms with E-state index in [1.807, 2.05) is 41.1 Å². The molecule has 0 spiro atoms. The molecule has 1 aliphatic carbocycles. The normalized spacial score (nSPS) is 16.0. The maximum Gasteiger partial charge on any atom is 0.244 e. The van der Waals surface area contributed by atoms with E-state index in [1.54, 1.807) is 25.7 Å². The van der Waals surface area contributed by atoms with E-state index in [0.29, 0.717) is 0 Å². The molecule has 1 aliphatic rings. The highest BCUT2D eigenvalue weighted by atomic mass is 16.5. The molecule has 4 rings (SSSR count). The molecule has 142 valence electrons. The lowest BCUT2D eigenvalue weighted by Crippen LogP contribution is -2.29. The van der Waals surface area contributed by atoms with E-state index in [9.17, 15) is 4.79 Å². The Hall–Kier alpha value is -3.34. The van der Waals surface area contributed by atoms with E-state index in [4.69, 9.17) is 4.74 Å². The van der Waals surface area contributed by atoms with Crippen LogP contribution in [0, 0.1) is 0 Å². The lowest BCUT2D eigenvalue weighted by atomic mass is 9.88. The number of carbonyl (C=O) groups is 1. The molecule has 1 amide bonds. The first-order valence-electron chi connectivity index (χ1n) is 9.47. The van der Waals surface area contributed by atoms with Gasteiger partial charge in [-0.05, 0) is 54.2 Å².